The molecule has 0 spiro atoms. The molecule has 0 saturated heterocycles. The van der Waals surface area contributed by atoms with Crippen molar-refractivity contribution in [3.63, 3.8) is 0 Å². The Morgan fingerprint density at radius 3 is 2.18 bits per heavy atom. The van der Waals surface area contributed by atoms with Gasteiger partial charge in [-0.2, -0.15) is 0 Å². The van der Waals surface area contributed by atoms with Crippen LogP contribution in [0.5, 0.6) is 0 Å². The van der Waals surface area contributed by atoms with Crippen LogP contribution in [0.25, 0.3) is 10.9 Å². The Morgan fingerprint density at radius 2 is 1.57 bits per heavy atom. The van der Waals surface area contributed by atoms with Crippen LogP contribution in [-0.4, -0.2) is 17.2 Å². The Bertz CT molecular complexity index is 955. The summed E-state index contributed by atoms with van der Waals surface area (Å²) >= 11 is 3.45. The molecule has 7 heteroatoms. The second-order valence-corrected chi connectivity index (χ2v) is 10.1. The number of hydrogen-bond donors (Lipinski definition) is 2. The fraction of sp³-hybridized carbons (Fsp3) is 0.333. The maximum absolute atomic E-state index is 14.0. The number of nitrogens with one attached hydrogen (secondary N) is 2. The van der Waals surface area contributed by atoms with Crippen molar-refractivity contribution in [3.05, 3.63) is 64.8 Å². The molecule has 3 rings (SSSR count). The molecule has 0 fully saturated rings. The lowest BCUT2D eigenvalue weighted by Gasteiger charge is -2.31. The van der Waals surface area contributed by atoms with E-state index in [1.54, 1.807) is 0 Å². The molecule has 150 valence electrons. The van der Waals surface area contributed by atoms with Gasteiger partial charge in [0.2, 0.25) is 0 Å². The molecule has 1 atom stereocenters. The molecule has 0 aliphatic heterocycles. The fourth-order valence-electron chi connectivity index (χ4n) is 3.09. The largest absolute Gasteiger partial charge is 0.368 e. The van der Waals surface area contributed by atoms with Crippen LogP contribution in [0.4, 0.5) is 5.69 Å². The van der Waals surface area contributed by atoms with E-state index in [1.165, 1.54) is 0 Å². The van der Waals surface area contributed by atoms with Crippen molar-refractivity contribution in [2.24, 2.45) is 0 Å². The van der Waals surface area contributed by atoms with Crippen molar-refractivity contribution in [1.82, 2.24) is 4.98 Å². The van der Waals surface area contributed by atoms with E-state index in [0.29, 0.717) is 0 Å². The second kappa shape index (κ2) is 8.83. The molecule has 2 aromatic carbocycles. The van der Waals surface area contributed by atoms with E-state index >= 15 is 0 Å². The zero-order valence-electron chi connectivity index (χ0n) is 16.5. The summed E-state index contributed by atoms with van der Waals surface area (Å²) in [4.78, 5) is 3.26. The smallest absolute Gasteiger partial charge is 0.357 e. The van der Waals surface area contributed by atoms with Gasteiger partial charge >= 0.3 is 7.60 Å². The molecule has 5 nitrogen and oxygen atoms in total. The Morgan fingerprint density at radius 1 is 0.964 bits per heavy atom. The van der Waals surface area contributed by atoms with Crippen molar-refractivity contribution >= 4 is 40.1 Å². The number of H-pyrrole nitrogens is 1. The first-order chi connectivity index (χ1) is 13.3. The Kier molecular flexibility index (Phi) is 6.66. The standard InChI is InChI=1S/C21H26BrN2O3P/c1-14(2)26-28(25,27-15(3)4)21(24-17-11-9-16(22)10-12-17)19-13-23-20-8-6-5-7-18(19)20/h5-15,21,23-24H,1-4H3. The van der Waals surface area contributed by atoms with Gasteiger partial charge < -0.3 is 19.3 Å². The predicted molar refractivity (Wildman–Crippen MR) is 119 cm³/mol. The minimum absolute atomic E-state index is 0.246. The molecule has 1 heterocycles. The SMILES string of the molecule is CC(C)OP(=O)(OC(C)C)C(Nc1ccc(Br)cc1)c1c[nH]c2ccccc12. The Labute approximate surface area is 174 Å². The van der Waals surface area contributed by atoms with E-state index in [1.807, 2.05) is 82.4 Å². The highest BCUT2D eigenvalue weighted by atomic mass is 79.9. The van der Waals surface area contributed by atoms with Gasteiger partial charge in [0, 0.05) is 32.8 Å². The third-order valence-corrected chi connectivity index (χ3v) is 7.09. The lowest BCUT2D eigenvalue weighted by molar-refractivity contribution is 0.138. The first-order valence-electron chi connectivity index (χ1n) is 9.33. The number of anilines is 1. The average molecular weight is 465 g/mol. The summed E-state index contributed by atoms with van der Waals surface area (Å²) in [7, 11) is -3.55. The van der Waals surface area contributed by atoms with Crippen molar-refractivity contribution in [2.75, 3.05) is 5.32 Å². The van der Waals surface area contributed by atoms with E-state index in [9.17, 15) is 4.57 Å². The number of halogens is 1. The predicted octanol–water partition coefficient (Wildman–Crippen LogP) is 7.08. The minimum atomic E-state index is -3.55. The normalized spacial score (nSPS) is 13.4. The Hall–Kier alpha value is -1.59. The molecule has 28 heavy (non-hydrogen) atoms. The lowest BCUT2D eigenvalue weighted by atomic mass is 10.1. The van der Waals surface area contributed by atoms with Gasteiger partial charge in [0.25, 0.3) is 0 Å². The minimum Gasteiger partial charge on any atom is -0.368 e. The van der Waals surface area contributed by atoms with Gasteiger partial charge in [-0.3, -0.25) is 4.57 Å². The number of fused-ring (bicyclic) bond motifs is 1. The number of benzene rings is 2. The zero-order chi connectivity index (χ0) is 20.3. The van der Waals surface area contributed by atoms with Crippen LogP contribution in [0, 0.1) is 0 Å². The van der Waals surface area contributed by atoms with Crippen LogP contribution in [0.15, 0.2) is 59.2 Å². The average Bonchev–Trinajstić information content (AvgIpc) is 3.03. The summed E-state index contributed by atoms with van der Waals surface area (Å²) < 4.78 is 26.8. The zero-order valence-corrected chi connectivity index (χ0v) is 19.0. The summed E-state index contributed by atoms with van der Waals surface area (Å²) in [6.07, 6.45) is 1.38. The maximum atomic E-state index is 14.0. The van der Waals surface area contributed by atoms with E-state index < -0.39 is 13.4 Å². The van der Waals surface area contributed by atoms with E-state index in [-0.39, 0.29) is 12.2 Å². The number of hydrogen-bond acceptors (Lipinski definition) is 4. The molecule has 2 N–H and O–H groups in total. The molecule has 1 aromatic heterocycles. The first kappa shape index (κ1) is 21.1. The number of aromatic amines is 1. The molecule has 1 unspecified atom stereocenters. The second-order valence-electron chi connectivity index (χ2n) is 7.19. The van der Waals surface area contributed by atoms with Crippen molar-refractivity contribution < 1.29 is 13.6 Å². The topological polar surface area (TPSA) is 63.4 Å². The third kappa shape index (κ3) is 4.87. The highest BCUT2D eigenvalue weighted by molar-refractivity contribution is 9.10. The summed E-state index contributed by atoms with van der Waals surface area (Å²) in [6, 6.07) is 15.7. The molecule has 0 amide bonds. The number of aromatic nitrogens is 1. The number of rotatable bonds is 8. The highest BCUT2D eigenvalue weighted by Gasteiger charge is 2.40. The molecule has 0 saturated carbocycles. The molecule has 0 radical (unpaired) electrons. The van der Waals surface area contributed by atoms with Crippen molar-refractivity contribution in [3.8, 4) is 0 Å². The summed E-state index contributed by atoms with van der Waals surface area (Å²) in [5.41, 5.74) is 2.65. The van der Waals surface area contributed by atoms with Crippen LogP contribution in [0.2, 0.25) is 0 Å². The van der Waals surface area contributed by atoms with Crippen LogP contribution in [0.1, 0.15) is 39.0 Å². The Balaban J connectivity index is 2.11. The van der Waals surface area contributed by atoms with Crippen LogP contribution >= 0.6 is 23.5 Å². The quantitative estimate of drug-likeness (QED) is 0.349. The van der Waals surface area contributed by atoms with Crippen molar-refractivity contribution in [2.45, 2.75) is 45.7 Å². The molecule has 0 bridgehead atoms. The summed E-state index contributed by atoms with van der Waals surface area (Å²) in [6.45, 7) is 7.45. The molecule has 0 aliphatic carbocycles. The van der Waals surface area contributed by atoms with Gasteiger partial charge in [-0.15, -0.1) is 0 Å². The van der Waals surface area contributed by atoms with Gasteiger partial charge in [-0.25, -0.2) is 0 Å². The van der Waals surface area contributed by atoms with E-state index in [4.69, 9.17) is 9.05 Å². The molecular weight excluding hydrogens is 439 g/mol. The van der Waals surface area contributed by atoms with Gasteiger partial charge in [0.15, 0.2) is 5.78 Å². The monoisotopic (exact) mass is 464 g/mol. The van der Waals surface area contributed by atoms with Crippen molar-refractivity contribution in [1.29, 1.82) is 0 Å². The van der Waals surface area contributed by atoms with Gasteiger partial charge in [0.1, 0.15) is 0 Å². The maximum Gasteiger partial charge on any atom is 0.357 e. The van der Waals surface area contributed by atoms with Gasteiger partial charge in [0.05, 0.1) is 12.2 Å². The highest BCUT2D eigenvalue weighted by Crippen LogP contribution is 2.63. The summed E-state index contributed by atoms with van der Waals surface area (Å²) in [5.74, 6) is -0.658. The first-order valence-corrected chi connectivity index (χ1v) is 11.7. The van der Waals surface area contributed by atoms with Gasteiger partial charge in [-0.1, -0.05) is 34.1 Å². The van der Waals surface area contributed by atoms with Gasteiger partial charge in [-0.05, 0) is 58.0 Å². The molecule has 3 aromatic rings. The summed E-state index contributed by atoms with van der Waals surface area (Å²) in [5, 5.41) is 4.38. The van der Waals surface area contributed by atoms with Crippen LogP contribution < -0.4 is 5.32 Å². The van der Waals surface area contributed by atoms with Crippen LogP contribution in [-0.2, 0) is 13.6 Å². The molecular formula is C21H26BrN2O3P. The third-order valence-electron chi connectivity index (χ3n) is 4.10. The fourth-order valence-corrected chi connectivity index (χ4v) is 5.68. The van der Waals surface area contributed by atoms with Crippen LogP contribution in [0.3, 0.4) is 0 Å². The number of para-hydroxylation sites is 1. The molecule has 0 aliphatic rings. The van der Waals surface area contributed by atoms with E-state index in [2.05, 4.69) is 26.2 Å². The van der Waals surface area contributed by atoms with E-state index in [0.717, 1.165) is 26.6 Å². The lowest BCUT2D eigenvalue weighted by Crippen LogP contribution is -2.19.